The summed E-state index contributed by atoms with van der Waals surface area (Å²) in [6.45, 7) is 5.32. The van der Waals surface area contributed by atoms with E-state index in [-0.39, 0.29) is 5.91 Å². The van der Waals surface area contributed by atoms with Crippen molar-refractivity contribution in [3.8, 4) is 5.75 Å². The molecule has 0 aliphatic carbocycles. The van der Waals surface area contributed by atoms with Gasteiger partial charge in [0.2, 0.25) is 5.91 Å². The van der Waals surface area contributed by atoms with Crippen LogP contribution in [0.4, 0.5) is 0 Å². The number of nitrogens with zero attached hydrogens (tertiary/aromatic N) is 3. The number of hydrogen-bond donors (Lipinski definition) is 0. The number of ether oxygens (including phenoxy) is 2. The molecular formula is C26H29N3O3S. The molecule has 1 aliphatic rings. The summed E-state index contributed by atoms with van der Waals surface area (Å²) in [5.41, 5.74) is 3.00. The maximum absolute atomic E-state index is 12.5. The molecule has 172 valence electrons. The van der Waals surface area contributed by atoms with Crippen molar-refractivity contribution < 1.29 is 14.3 Å². The van der Waals surface area contributed by atoms with Crippen LogP contribution in [0.15, 0.2) is 66.1 Å². The van der Waals surface area contributed by atoms with Gasteiger partial charge in [-0.2, -0.15) is 0 Å². The Balaban J connectivity index is 1.24. The lowest BCUT2D eigenvalue weighted by Gasteiger charge is -2.25. The lowest BCUT2D eigenvalue weighted by Crippen LogP contribution is -2.35. The molecular weight excluding hydrogens is 434 g/mol. The third-order valence-electron chi connectivity index (χ3n) is 5.38. The van der Waals surface area contributed by atoms with Crippen molar-refractivity contribution in [3.63, 3.8) is 0 Å². The van der Waals surface area contributed by atoms with Crippen LogP contribution in [0.5, 0.6) is 5.75 Å². The molecule has 1 fully saturated rings. The van der Waals surface area contributed by atoms with E-state index < -0.39 is 0 Å². The Kier molecular flexibility index (Phi) is 8.24. The first-order valence-corrected chi connectivity index (χ1v) is 12.0. The van der Waals surface area contributed by atoms with Crippen molar-refractivity contribution in [2.24, 2.45) is 0 Å². The summed E-state index contributed by atoms with van der Waals surface area (Å²) in [7, 11) is 1.80. The third-order valence-corrected chi connectivity index (χ3v) is 6.27. The van der Waals surface area contributed by atoms with Gasteiger partial charge < -0.3 is 14.4 Å². The number of carbonyl (C=O) groups is 1. The summed E-state index contributed by atoms with van der Waals surface area (Å²) in [6, 6.07) is 17.8. The Morgan fingerprint density at radius 1 is 1.15 bits per heavy atom. The number of benzene rings is 2. The maximum atomic E-state index is 12.5. The molecule has 0 spiro atoms. The first-order valence-electron chi connectivity index (χ1n) is 11.1. The summed E-state index contributed by atoms with van der Waals surface area (Å²) in [4.78, 5) is 21.3. The highest BCUT2D eigenvalue weighted by molar-refractivity contribution is 7.09. The SMILES string of the molecule is CN(Cc1csc(CN2CCOCC2)n1)C(=O)/C=C/c1ccc(OCc2ccccc2)cc1. The largest absolute Gasteiger partial charge is 0.489 e. The van der Waals surface area contributed by atoms with E-state index >= 15 is 0 Å². The molecule has 1 saturated heterocycles. The fourth-order valence-corrected chi connectivity index (χ4v) is 4.30. The number of thiazole rings is 1. The highest BCUT2D eigenvalue weighted by Gasteiger charge is 2.14. The number of likely N-dealkylation sites (N-methyl/N-ethyl adjacent to an activating group) is 1. The van der Waals surface area contributed by atoms with E-state index in [0.717, 1.165) is 60.4 Å². The summed E-state index contributed by atoms with van der Waals surface area (Å²) in [6.07, 6.45) is 3.42. The van der Waals surface area contributed by atoms with Gasteiger partial charge in [0, 0.05) is 31.6 Å². The van der Waals surface area contributed by atoms with Crippen molar-refractivity contribution >= 4 is 23.3 Å². The zero-order valence-electron chi connectivity index (χ0n) is 18.9. The van der Waals surface area contributed by atoms with Crippen molar-refractivity contribution in [3.05, 3.63) is 87.9 Å². The van der Waals surface area contributed by atoms with Gasteiger partial charge in [-0.1, -0.05) is 42.5 Å². The molecule has 1 amide bonds. The Hall–Kier alpha value is -3.00. The van der Waals surface area contributed by atoms with Crippen LogP contribution in [0.25, 0.3) is 6.08 Å². The lowest BCUT2D eigenvalue weighted by atomic mass is 10.2. The zero-order valence-corrected chi connectivity index (χ0v) is 19.7. The molecule has 4 rings (SSSR count). The predicted molar refractivity (Wildman–Crippen MR) is 131 cm³/mol. The molecule has 6 nitrogen and oxygen atoms in total. The van der Waals surface area contributed by atoms with Crippen LogP contribution >= 0.6 is 11.3 Å². The number of carbonyl (C=O) groups excluding carboxylic acids is 1. The summed E-state index contributed by atoms with van der Waals surface area (Å²) in [5, 5.41) is 3.12. The fourth-order valence-electron chi connectivity index (χ4n) is 3.48. The van der Waals surface area contributed by atoms with Crippen molar-refractivity contribution in [2.75, 3.05) is 33.4 Å². The minimum Gasteiger partial charge on any atom is -0.489 e. The molecule has 0 N–H and O–H groups in total. The van der Waals surface area contributed by atoms with Crippen LogP contribution < -0.4 is 4.74 Å². The molecule has 1 aromatic heterocycles. The molecule has 2 heterocycles. The maximum Gasteiger partial charge on any atom is 0.246 e. The molecule has 1 aliphatic heterocycles. The van der Waals surface area contributed by atoms with Gasteiger partial charge in [-0.15, -0.1) is 11.3 Å². The van der Waals surface area contributed by atoms with Gasteiger partial charge in [0.1, 0.15) is 17.4 Å². The van der Waals surface area contributed by atoms with Crippen LogP contribution in [0.1, 0.15) is 21.8 Å². The number of hydrogen-bond acceptors (Lipinski definition) is 6. The van der Waals surface area contributed by atoms with Crippen LogP contribution in [0.2, 0.25) is 0 Å². The normalized spacial score (nSPS) is 14.5. The highest BCUT2D eigenvalue weighted by atomic mass is 32.1. The first kappa shape index (κ1) is 23.2. The van der Waals surface area contributed by atoms with Gasteiger partial charge in [0.25, 0.3) is 0 Å². The molecule has 3 aromatic rings. The number of aromatic nitrogens is 1. The van der Waals surface area contributed by atoms with E-state index in [4.69, 9.17) is 14.5 Å². The van der Waals surface area contributed by atoms with E-state index in [1.165, 1.54) is 0 Å². The minimum atomic E-state index is -0.0536. The van der Waals surface area contributed by atoms with E-state index in [2.05, 4.69) is 4.90 Å². The van der Waals surface area contributed by atoms with E-state index in [1.54, 1.807) is 29.4 Å². The van der Waals surface area contributed by atoms with Crippen LogP contribution in [-0.2, 0) is 29.2 Å². The van der Waals surface area contributed by atoms with Gasteiger partial charge in [0.15, 0.2) is 0 Å². The van der Waals surface area contributed by atoms with E-state index in [9.17, 15) is 4.79 Å². The molecule has 0 unspecified atom stereocenters. The number of morpholine rings is 1. The lowest BCUT2D eigenvalue weighted by molar-refractivity contribution is -0.125. The van der Waals surface area contributed by atoms with Crippen molar-refractivity contribution in [2.45, 2.75) is 19.7 Å². The number of rotatable bonds is 9. The van der Waals surface area contributed by atoms with Gasteiger partial charge >= 0.3 is 0 Å². The van der Waals surface area contributed by atoms with Crippen LogP contribution in [0.3, 0.4) is 0 Å². The van der Waals surface area contributed by atoms with E-state index in [1.807, 2.05) is 66.1 Å². The summed E-state index contributed by atoms with van der Waals surface area (Å²) < 4.78 is 11.2. The molecule has 0 saturated carbocycles. The first-order chi connectivity index (χ1) is 16.2. The second-order valence-electron chi connectivity index (χ2n) is 7.99. The topological polar surface area (TPSA) is 54.9 Å². The van der Waals surface area contributed by atoms with Gasteiger partial charge in [-0.25, -0.2) is 4.98 Å². The summed E-state index contributed by atoms with van der Waals surface area (Å²) in [5.74, 6) is 0.748. The smallest absolute Gasteiger partial charge is 0.246 e. The second kappa shape index (κ2) is 11.7. The fraction of sp³-hybridized carbons (Fsp3) is 0.308. The Labute approximate surface area is 199 Å². The minimum absolute atomic E-state index is 0.0536. The second-order valence-corrected chi connectivity index (χ2v) is 8.93. The highest BCUT2D eigenvalue weighted by Crippen LogP contribution is 2.17. The standard InChI is InChI=1S/C26H29N3O3S/c1-28(17-23-20-33-25(27-23)18-29-13-15-31-16-14-29)26(30)12-9-21-7-10-24(11-8-21)32-19-22-5-3-2-4-6-22/h2-12,20H,13-19H2,1H3/b12-9+. The van der Waals surface area contributed by atoms with E-state index in [0.29, 0.717) is 13.2 Å². The molecule has 0 bridgehead atoms. The monoisotopic (exact) mass is 463 g/mol. The van der Waals surface area contributed by atoms with Gasteiger partial charge in [-0.05, 0) is 29.3 Å². The van der Waals surface area contributed by atoms with Crippen molar-refractivity contribution in [1.82, 2.24) is 14.8 Å². The Morgan fingerprint density at radius 2 is 1.91 bits per heavy atom. The van der Waals surface area contributed by atoms with Crippen LogP contribution in [0, 0.1) is 0 Å². The molecule has 0 radical (unpaired) electrons. The molecule has 2 aromatic carbocycles. The average molecular weight is 464 g/mol. The third kappa shape index (κ3) is 7.25. The van der Waals surface area contributed by atoms with Crippen LogP contribution in [-0.4, -0.2) is 54.0 Å². The quantitative estimate of drug-likeness (QED) is 0.445. The molecule has 33 heavy (non-hydrogen) atoms. The molecule has 0 atom stereocenters. The average Bonchev–Trinajstić information content (AvgIpc) is 3.29. The zero-order chi connectivity index (χ0) is 22.9. The van der Waals surface area contributed by atoms with Gasteiger partial charge in [0.05, 0.1) is 32.0 Å². The van der Waals surface area contributed by atoms with Gasteiger partial charge in [-0.3, -0.25) is 9.69 Å². The Bertz CT molecular complexity index is 1040. The predicted octanol–water partition coefficient (Wildman–Crippen LogP) is 4.23. The molecule has 7 heteroatoms. The summed E-state index contributed by atoms with van der Waals surface area (Å²) >= 11 is 1.65. The van der Waals surface area contributed by atoms with Crippen molar-refractivity contribution in [1.29, 1.82) is 0 Å². The Morgan fingerprint density at radius 3 is 2.67 bits per heavy atom. The number of amides is 1.